The van der Waals surface area contributed by atoms with Gasteiger partial charge in [-0.05, 0) is 31.0 Å². The summed E-state index contributed by atoms with van der Waals surface area (Å²) in [6.45, 7) is 0.161. The largest absolute Gasteiger partial charge is 0.454 e. The first-order valence-corrected chi connectivity index (χ1v) is 8.69. The standard InChI is InChI=1S/C18H24N2O4/c21-17(20-14-6-4-2-1-3-5-7-14)11-19-18(22)13-8-9-15-16(10-13)24-12-23-15/h8-10,14H,1-7,11-12H2,(H,19,22)(H,20,21). The molecule has 1 saturated carbocycles. The van der Waals surface area contributed by atoms with Crippen molar-refractivity contribution in [3.05, 3.63) is 23.8 Å². The Hall–Kier alpha value is -2.24. The smallest absolute Gasteiger partial charge is 0.251 e. The van der Waals surface area contributed by atoms with Crippen molar-refractivity contribution in [1.82, 2.24) is 10.6 Å². The number of nitrogens with one attached hydrogen (secondary N) is 2. The molecule has 1 aliphatic carbocycles. The van der Waals surface area contributed by atoms with Gasteiger partial charge in [-0.2, -0.15) is 0 Å². The highest BCUT2D eigenvalue weighted by molar-refractivity contribution is 5.97. The van der Waals surface area contributed by atoms with Crippen molar-refractivity contribution in [2.24, 2.45) is 0 Å². The van der Waals surface area contributed by atoms with E-state index < -0.39 is 0 Å². The van der Waals surface area contributed by atoms with E-state index in [-0.39, 0.29) is 31.2 Å². The summed E-state index contributed by atoms with van der Waals surface area (Å²) < 4.78 is 10.5. The summed E-state index contributed by atoms with van der Waals surface area (Å²) >= 11 is 0. The molecule has 0 unspecified atom stereocenters. The molecular formula is C18H24N2O4. The summed E-state index contributed by atoms with van der Waals surface area (Å²) in [6, 6.07) is 5.23. The van der Waals surface area contributed by atoms with E-state index in [1.165, 1.54) is 19.3 Å². The van der Waals surface area contributed by atoms with Gasteiger partial charge in [0.25, 0.3) is 5.91 Å². The number of ether oxygens (including phenoxy) is 2. The summed E-state index contributed by atoms with van der Waals surface area (Å²) in [4.78, 5) is 24.2. The molecule has 2 amide bonds. The minimum atomic E-state index is -0.291. The van der Waals surface area contributed by atoms with Gasteiger partial charge >= 0.3 is 0 Å². The Bertz CT molecular complexity index is 595. The number of hydrogen-bond donors (Lipinski definition) is 2. The summed E-state index contributed by atoms with van der Waals surface area (Å²) in [5.74, 6) is 0.769. The van der Waals surface area contributed by atoms with E-state index in [9.17, 15) is 9.59 Å². The Morgan fingerprint density at radius 1 is 1.00 bits per heavy atom. The lowest BCUT2D eigenvalue weighted by Gasteiger charge is -2.21. The van der Waals surface area contributed by atoms with E-state index in [2.05, 4.69) is 10.6 Å². The van der Waals surface area contributed by atoms with Crippen LogP contribution in [0.4, 0.5) is 0 Å². The van der Waals surface area contributed by atoms with Crippen LogP contribution in [0.15, 0.2) is 18.2 Å². The lowest BCUT2D eigenvalue weighted by atomic mass is 9.97. The maximum Gasteiger partial charge on any atom is 0.251 e. The highest BCUT2D eigenvalue weighted by Crippen LogP contribution is 2.32. The number of benzene rings is 1. The average Bonchev–Trinajstić information content (AvgIpc) is 3.02. The third kappa shape index (κ3) is 4.40. The summed E-state index contributed by atoms with van der Waals surface area (Å²) in [5, 5.41) is 5.70. The molecule has 0 radical (unpaired) electrons. The number of rotatable bonds is 4. The SMILES string of the molecule is O=C(CNC(=O)c1ccc2c(c1)OCO2)NC1CCCCCCC1. The van der Waals surface area contributed by atoms with Gasteiger partial charge in [-0.25, -0.2) is 0 Å². The first kappa shape index (κ1) is 16.6. The van der Waals surface area contributed by atoms with E-state index in [1.807, 2.05) is 0 Å². The fourth-order valence-electron chi connectivity index (χ4n) is 3.18. The van der Waals surface area contributed by atoms with Crippen LogP contribution in [0.2, 0.25) is 0 Å². The van der Waals surface area contributed by atoms with E-state index in [1.54, 1.807) is 18.2 Å². The molecule has 1 fully saturated rings. The Morgan fingerprint density at radius 3 is 2.50 bits per heavy atom. The van der Waals surface area contributed by atoms with Crippen molar-refractivity contribution in [3.63, 3.8) is 0 Å². The summed E-state index contributed by atoms with van der Waals surface area (Å²) in [6.07, 6.45) is 8.17. The number of amides is 2. The maximum absolute atomic E-state index is 12.2. The van der Waals surface area contributed by atoms with Crippen molar-refractivity contribution in [3.8, 4) is 11.5 Å². The third-order valence-corrected chi connectivity index (χ3v) is 4.51. The van der Waals surface area contributed by atoms with E-state index in [0.29, 0.717) is 17.1 Å². The molecule has 0 saturated heterocycles. The number of fused-ring (bicyclic) bond motifs is 1. The van der Waals surface area contributed by atoms with Crippen LogP contribution in [0.3, 0.4) is 0 Å². The molecule has 0 spiro atoms. The van der Waals surface area contributed by atoms with Gasteiger partial charge in [0, 0.05) is 11.6 Å². The van der Waals surface area contributed by atoms with E-state index in [0.717, 1.165) is 25.7 Å². The Kier molecular flexibility index (Phi) is 5.56. The Balaban J connectivity index is 1.46. The van der Waals surface area contributed by atoms with Crippen LogP contribution in [-0.2, 0) is 4.79 Å². The first-order chi connectivity index (χ1) is 11.7. The molecule has 1 aromatic rings. The first-order valence-electron chi connectivity index (χ1n) is 8.69. The molecule has 3 rings (SSSR count). The molecule has 24 heavy (non-hydrogen) atoms. The predicted octanol–water partition coefficient (Wildman–Crippen LogP) is 2.37. The van der Waals surface area contributed by atoms with Crippen LogP contribution >= 0.6 is 0 Å². The molecule has 6 heteroatoms. The second kappa shape index (κ2) is 8.04. The van der Waals surface area contributed by atoms with Gasteiger partial charge in [0.15, 0.2) is 11.5 Å². The van der Waals surface area contributed by atoms with Crippen molar-refractivity contribution < 1.29 is 19.1 Å². The molecule has 6 nitrogen and oxygen atoms in total. The second-order valence-electron chi connectivity index (χ2n) is 6.36. The van der Waals surface area contributed by atoms with Gasteiger partial charge in [0.1, 0.15) is 0 Å². The molecule has 1 heterocycles. The summed E-state index contributed by atoms with van der Waals surface area (Å²) in [5.41, 5.74) is 0.456. The topological polar surface area (TPSA) is 76.7 Å². The molecule has 0 aromatic heterocycles. The molecule has 0 bridgehead atoms. The van der Waals surface area contributed by atoms with Gasteiger partial charge in [-0.3, -0.25) is 9.59 Å². The van der Waals surface area contributed by atoms with Crippen LogP contribution in [0.1, 0.15) is 55.3 Å². The van der Waals surface area contributed by atoms with Crippen LogP contribution in [0, 0.1) is 0 Å². The highest BCUT2D eigenvalue weighted by Gasteiger charge is 2.18. The van der Waals surface area contributed by atoms with Gasteiger partial charge in [0.2, 0.25) is 12.7 Å². The predicted molar refractivity (Wildman–Crippen MR) is 89.1 cm³/mol. The van der Waals surface area contributed by atoms with Gasteiger partial charge in [-0.1, -0.05) is 32.1 Å². The second-order valence-corrected chi connectivity index (χ2v) is 6.36. The van der Waals surface area contributed by atoms with Gasteiger partial charge < -0.3 is 20.1 Å². The molecule has 1 aliphatic heterocycles. The number of hydrogen-bond acceptors (Lipinski definition) is 4. The number of carbonyl (C=O) groups excluding carboxylic acids is 2. The fraction of sp³-hybridized carbons (Fsp3) is 0.556. The minimum absolute atomic E-state index is 0.0101. The van der Waals surface area contributed by atoms with Crippen LogP contribution in [0.25, 0.3) is 0 Å². The normalized spacial score (nSPS) is 17.7. The summed E-state index contributed by atoms with van der Waals surface area (Å²) in [7, 11) is 0. The zero-order valence-corrected chi connectivity index (χ0v) is 13.8. The van der Waals surface area contributed by atoms with E-state index >= 15 is 0 Å². The van der Waals surface area contributed by atoms with Crippen molar-refractivity contribution in [2.75, 3.05) is 13.3 Å². The van der Waals surface area contributed by atoms with Crippen molar-refractivity contribution in [1.29, 1.82) is 0 Å². The van der Waals surface area contributed by atoms with Crippen molar-refractivity contribution in [2.45, 2.75) is 51.0 Å². The lowest BCUT2D eigenvalue weighted by Crippen LogP contribution is -2.42. The molecule has 1 aromatic carbocycles. The van der Waals surface area contributed by atoms with Crippen molar-refractivity contribution >= 4 is 11.8 Å². The van der Waals surface area contributed by atoms with Gasteiger partial charge in [0.05, 0.1) is 6.54 Å². The van der Waals surface area contributed by atoms with E-state index in [4.69, 9.17) is 9.47 Å². The molecular weight excluding hydrogens is 308 g/mol. The van der Waals surface area contributed by atoms with Crippen LogP contribution in [0.5, 0.6) is 11.5 Å². The highest BCUT2D eigenvalue weighted by atomic mass is 16.7. The zero-order valence-electron chi connectivity index (χ0n) is 13.8. The maximum atomic E-state index is 12.2. The Morgan fingerprint density at radius 2 is 1.71 bits per heavy atom. The monoisotopic (exact) mass is 332 g/mol. The molecule has 2 aliphatic rings. The Labute approximate surface area is 141 Å². The lowest BCUT2D eigenvalue weighted by molar-refractivity contribution is -0.120. The molecule has 0 atom stereocenters. The van der Waals surface area contributed by atoms with Gasteiger partial charge in [-0.15, -0.1) is 0 Å². The molecule has 2 N–H and O–H groups in total. The zero-order chi connectivity index (χ0) is 16.8. The quantitative estimate of drug-likeness (QED) is 0.887. The van der Waals surface area contributed by atoms with Crippen LogP contribution < -0.4 is 20.1 Å². The third-order valence-electron chi connectivity index (χ3n) is 4.51. The molecule has 130 valence electrons. The average molecular weight is 332 g/mol. The fourth-order valence-corrected chi connectivity index (χ4v) is 3.18. The minimum Gasteiger partial charge on any atom is -0.454 e. The number of carbonyl (C=O) groups is 2. The van der Waals surface area contributed by atoms with Crippen LogP contribution in [-0.4, -0.2) is 31.2 Å².